The summed E-state index contributed by atoms with van der Waals surface area (Å²) in [7, 11) is 0. The standard InChI is InChI=1S/C13H21FN2/c1-13(2,3)9-12(16-15)8-10-4-6-11(14)7-5-10/h4-7,12,16H,8-9,15H2,1-3H3. The molecule has 0 saturated carbocycles. The fourth-order valence-electron chi connectivity index (χ4n) is 1.83. The van der Waals surface area contributed by atoms with E-state index < -0.39 is 0 Å². The molecule has 1 aromatic carbocycles. The van der Waals surface area contributed by atoms with E-state index in [0.717, 1.165) is 18.4 Å². The third-order valence-corrected chi connectivity index (χ3v) is 2.49. The number of halogens is 1. The molecule has 0 bridgehead atoms. The molecule has 0 spiro atoms. The first-order valence-electron chi connectivity index (χ1n) is 5.61. The second-order valence-electron chi connectivity index (χ2n) is 5.46. The Kier molecular flexibility index (Phi) is 4.44. The fourth-order valence-corrected chi connectivity index (χ4v) is 1.83. The van der Waals surface area contributed by atoms with E-state index in [1.807, 2.05) is 12.1 Å². The minimum Gasteiger partial charge on any atom is -0.271 e. The van der Waals surface area contributed by atoms with E-state index in [4.69, 9.17) is 5.84 Å². The van der Waals surface area contributed by atoms with Crippen LogP contribution in [0.15, 0.2) is 24.3 Å². The average Bonchev–Trinajstić information content (AvgIpc) is 2.18. The summed E-state index contributed by atoms with van der Waals surface area (Å²) in [6.07, 6.45) is 1.81. The molecule has 90 valence electrons. The Morgan fingerprint density at radius 2 is 1.81 bits per heavy atom. The molecule has 1 unspecified atom stereocenters. The lowest BCUT2D eigenvalue weighted by atomic mass is 9.86. The number of hydrogen-bond acceptors (Lipinski definition) is 2. The van der Waals surface area contributed by atoms with Gasteiger partial charge in [-0.3, -0.25) is 11.3 Å². The first-order chi connectivity index (χ1) is 7.40. The predicted molar refractivity (Wildman–Crippen MR) is 65.3 cm³/mol. The van der Waals surface area contributed by atoms with Crippen molar-refractivity contribution in [2.75, 3.05) is 0 Å². The highest BCUT2D eigenvalue weighted by atomic mass is 19.1. The third-order valence-electron chi connectivity index (χ3n) is 2.49. The molecule has 16 heavy (non-hydrogen) atoms. The topological polar surface area (TPSA) is 38.0 Å². The quantitative estimate of drug-likeness (QED) is 0.609. The zero-order valence-corrected chi connectivity index (χ0v) is 10.3. The lowest BCUT2D eigenvalue weighted by molar-refractivity contribution is 0.308. The minimum atomic E-state index is -0.197. The van der Waals surface area contributed by atoms with Crippen LogP contribution in [0.5, 0.6) is 0 Å². The molecule has 2 nitrogen and oxygen atoms in total. The zero-order chi connectivity index (χ0) is 12.2. The maximum atomic E-state index is 12.7. The largest absolute Gasteiger partial charge is 0.271 e. The highest BCUT2D eigenvalue weighted by Crippen LogP contribution is 2.22. The molecule has 0 aliphatic rings. The second kappa shape index (κ2) is 5.41. The molecule has 0 amide bonds. The maximum absolute atomic E-state index is 12.7. The summed E-state index contributed by atoms with van der Waals surface area (Å²) in [6, 6.07) is 6.82. The van der Waals surface area contributed by atoms with Gasteiger partial charge in [0.2, 0.25) is 0 Å². The van der Waals surface area contributed by atoms with Crippen LogP contribution in [-0.4, -0.2) is 6.04 Å². The number of nitrogens with one attached hydrogen (secondary N) is 1. The zero-order valence-electron chi connectivity index (χ0n) is 10.3. The number of hydrazine groups is 1. The molecule has 0 aromatic heterocycles. The predicted octanol–water partition coefficient (Wildman–Crippen LogP) is 2.64. The Bertz CT molecular complexity index is 314. The van der Waals surface area contributed by atoms with Crippen LogP contribution in [0.1, 0.15) is 32.8 Å². The van der Waals surface area contributed by atoms with Crippen LogP contribution in [0, 0.1) is 11.2 Å². The van der Waals surface area contributed by atoms with Gasteiger partial charge in [0.05, 0.1) is 0 Å². The second-order valence-corrected chi connectivity index (χ2v) is 5.46. The fraction of sp³-hybridized carbons (Fsp3) is 0.538. The summed E-state index contributed by atoms with van der Waals surface area (Å²) in [5, 5.41) is 0. The van der Waals surface area contributed by atoms with Crippen LogP contribution >= 0.6 is 0 Å². The first kappa shape index (κ1) is 13.1. The SMILES string of the molecule is CC(C)(C)CC(Cc1ccc(F)cc1)NN. The molecule has 3 heteroatoms. The van der Waals surface area contributed by atoms with Gasteiger partial charge in [-0.05, 0) is 36.0 Å². The highest BCUT2D eigenvalue weighted by molar-refractivity contribution is 5.17. The van der Waals surface area contributed by atoms with Crippen molar-refractivity contribution < 1.29 is 4.39 Å². The van der Waals surface area contributed by atoms with E-state index in [2.05, 4.69) is 26.2 Å². The minimum absolute atomic E-state index is 0.197. The Balaban J connectivity index is 2.60. The van der Waals surface area contributed by atoms with Crippen LogP contribution in [-0.2, 0) is 6.42 Å². The van der Waals surface area contributed by atoms with Gasteiger partial charge in [0, 0.05) is 6.04 Å². The van der Waals surface area contributed by atoms with Gasteiger partial charge in [-0.2, -0.15) is 0 Å². The normalized spacial score (nSPS) is 13.8. The van der Waals surface area contributed by atoms with Crippen LogP contribution in [0.2, 0.25) is 0 Å². The van der Waals surface area contributed by atoms with Gasteiger partial charge in [0.1, 0.15) is 5.82 Å². The first-order valence-corrected chi connectivity index (χ1v) is 5.61. The summed E-state index contributed by atoms with van der Waals surface area (Å²) >= 11 is 0. The Morgan fingerprint density at radius 3 is 2.25 bits per heavy atom. The van der Waals surface area contributed by atoms with E-state index in [1.54, 1.807) is 0 Å². The summed E-state index contributed by atoms with van der Waals surface area (Å²) in [5.74, 6) is 5.34. The van der Waals surface area contributed by atoms with Gasteiger partial charge in [-0.1, -0.05) is 32.9 Å². The summed E-state index contributed by atoms with van der Waals surface area (Å²) < 4.78 is 12.7. The van der Waals surface area contributed by atoms with E-state index in [0.29, 0.717) is 0 Å². The van der Waals surface area contributed by atoms with Crippen molar-refractivity contribution in [3.63, 3.8) is 0 Å². The molecule has 3 N–H and O–H groups in total. The van der Waals surface area contributed by atoms with Crippen molar-refractivity contribution in [3.8, 4) is 0 Å². The summed E-state index contributed by atoms with van der Waals surface area (Å²) in [4.78, 5) is 0. The Labute approximate surface area is 97.0 Å². The van der Waals surface area contributed by atoms with Crippen molar-refractivity contribution in [2.24, 2.45) is 11.3 Å². The number of nitrogens with two attached hydrogens (primary N) is 1. The summed E-state index contributed by atoms with van der Waals surface area (Å²) in [5.41, 5.74) is 4.17. The summed E-state index contributed by atoms with van der Waals surface area (Å²) in [6.45, 7) is 6.55. The van der Waals surface area contributed by atoms with Crippen LogP contribution in [0.3, 0.4) is 0 Å². The van der Waals surface area contributed by atoms with Gasteiger partial charge >= 0.3 is 0 Å². The van der Waals surface area contributed by atoms with E-state index in [-0.39, 0.29) is 17.3 Å². The molecular formula is C13H21FN2. The van der Waals surface area contributed by atoms with Crippen molar-refractivity contribution in [1.29, 1.82) is 0 Å². The van der Waals surface area contributed by atoms with Crippen molar-refractivity contribution >= 4 is 0 Å². The van der Waals surface area contributed by atoms with E-state index in [1.165, 1.54) is 12.1 Å². The van der Waals surface area contributed by atoms with Gasteiger partial charge in [0.15, 0.2) is 0 Å². The smallest absolute Gasteiger partial charge is 0.123 e. The van der Waals surface area contributed by atoms with Crippen LogP contribution in [0.4, 0.5) is 4.39 Å². The lowest BCUT2D eigenvalue weighted by Gasteiger charge is -2.25. The molecule has 0 radical (unpaired) electrons. The van der Waals surface area contributed by atoms with E-state index >= 15 is 0 Å². The van der Waals surface area contributed by atoms with Crippen molar-refractivity contribution in [2.45, 2.75) is 39.7 Å². The average molecular weight is 224 g/mol. The molecule has 0 heterocycles. The number of benzene rings is 1. The van der Waals surface area contributed by atoms with Gasteiger partial charge < -0.3 is 0 Å². The van der Waals surface area contributed by atoms with Crippen LogP contribution < -0.4 is 11.3 Å². The monoisotopic (exact) mass is 224 g/mol. The molecule has 0 aliphatic heterocycles. The molecular weight excluding hydrogens is 203 g/mol. The van der Waals surface area contributed by atoms with Gasteiger partial charge in [-0.25, -0.2) is 4.39 Å². The van der Waals surface area contributed by atoms with Gasteiger partial charge in [0.25, 0.3) is 0 Å². The van der Waals surface area contributed by atoms with Crippen molar-refractivity contribution in [3.05, 3.63) is 35.6 Å². The van der Waals surface area contributed by atoms with Crippen LogP contribution in [0.25, 0.3) is 0 Å². The lowest BCUT2D eigenvalue weighted by Crippen LogP contribution is -2.39. The molecule has 0 saturated heterocycles. The molecule has 1 aromatic rings. The molecule has 0 fully saturated rings. The molecule has 1 rings (SSSR count). The maximum Gasteiger partial charge on any atom is 0.123 e. The van der Waals surface area contributed by atoms with Gasteiger partial charge in [-0.15, -0.1) is 0 Å². The number of rotatable bonds is 4. The number of hydrogen-bond donors (Lipinski definition) is 2. The van der Waals surface area contributed by atoms with E-state index in [9.17, 15) is 4.39 Å². The Morgan fingerprint density at radius 1 is 1.25 bits per heavy atom. The third kappa shape index (κ3) is 4.73. The molecule has 1 atom stereocenters. The highest BCUT2D eigenvalue weighted by Gasteiger charge is 2.17. The molecule has 0 aliphatic carbocycles. The van der Waals surface area contributed by atoms with Crippen molar-refractivity contribution in [1.82, 2.24) is 5.43 Å². The Hall–Kier alpha value is -0.930.